The monoisotopic (exact) mass is 390 g/mol. The second-order valence-electron chi connectivity index (χ2n) is 6.87. The molecular formula is C19H22N2OS3. The Bertz CT molecular complexity index is 863. The summed E-state index contributed by atoms with van der Waals surface area (Å²) in [7, 11) is 0. The first-order valence-electron chi connectivity index (χ1n) is 8.17. The third-order valence-electron chi connectivity index (χ3n) is 3.86. The minimum atomic E-state index is -0.433. The summed E-state index contributed by atoms with van der Waals surface area (Å²) >= 11 is 5.05. The number of carbonyl (C=O) groups is 1. The molecule has 1 amide bonds. The summed E-state index contributed by atoms with van der Waals surface area (Å²) in [6.07, 6.45) is 2.92. The molecule has 2 heterocycles. The van der Waals surface area contributed by atoms with Gasteiger partial charge in [-0.15, -0.1) is 23.1 Å². The maximum absolute atomic E-state index is 13.0. The summed E-state index contributed by atoms with van der Waals surface area (Å²) in [4.78, 5) is 22.1. The highest BCUT2D eigenvalue weighted by Gasteiger charge is 2.30. The van der Waals surface area contributed by atoms with Gasteiger partial charge in [0.2, 0.25) is 5.91 Å². The zero-order valence-electron chi connectivity index (χ0n) is 14.9. The van der Waals surface area contributed by atoms with Gasteiger partial charge in [-0.2, -0.15) is 0 Å². The van der Waals surface area contributed by atoms with Gasteiger partial charge in [0, 0.05) is 21.7 Å². The van der Waals surface area contributed by atoms with Gasteiger partial charge in [0.05, 0.1) is 10.2 Å². The second-order valence-corrected chi connectivity index (χ2v) is 9.79. The number of hydrogen-bond acceptors (Lipinski definition) is 5. The van der Waals surface area contributed by atoms with E-state index in [1.165, 1.54) is 9.77 Å². The van der Waals surface area contributed by atoms with Crippen molar-refractivity contribution in [3.8, 4) is 0 Å². The number of hydrogen-bond donors (Lipinski definition) is 0. The largest absolute Gasteiger partial charge is 0.287 e. The number of nitrogens with zero attached hydrogens (tertiary/aromatic N) is 2. The second kappa shape index (κ2) is 7.48. The molecule has 6 heteroatoms. The maximum Gasteiger partial charge on any atom is 0.234 e. The van der Waals surface area contributed by atoms with Crippen LogP contribution in [0.4, 0.5) is 5.13 Å². The van der Waals surface area contributed by atoms with Gasteiger partial charge in [-0.3, -0.25) is 9.69 Å². The molecule has 0 aliphatic rings. The summed E-state index contributed by atoms with van der Waals surface area (Å²) in [5.41, 5.74) is 0.526. The minimum absolute atomic E-state index is 0.119. The molecule has 25 heavy (non-hydrogen) atoms. The topological polar surface area (TPSA) is 33.2 Å². The van der Waals surface area contributed by atoms with Crippen LogP contribution in [0.25, 0.3) is 10.2 Å². The van der Waals surface area contributed by atoms with Crippen molar-refractivity contribution < 1.29 is 4.79 Å². The average Bonchev–Trinajstić information content (AvgIpc) is 3.22. The summed E-state index contributed by atoms with van der Waals surface area (Å²) in [5, 5.41) is 2.87. The van der Waals surface area contributed by atoms with Gasteiger partial charge in [0.1, 0.15) is 0 Å². The first kappa shape index (κ1) is 18.4. The van der Waals surface area contributed by atoms with Crippen molar-refractivity contribution in [3.63, 3.8) is 0 Å². The molecule has 3 nitrogen and oxygen atoms in total. The standard InChI is InChI=1S/C19H22N2OS3/c1-19(2,3)17(22)21(10-9-13-6-5-11-24-13)18-20-15-8-7-14(23-4)12-16(15)25-18/h5-8,11-12H,9-10H2,1-4H3. The molecule has 0 saturated carbocycles. The molecule has 0 spiro atoms. The summed E-state index contributed by atoms with van der Waals surface area (Å²) in [6.45, 7) is 6.55. The van der Waals surface area contributed by atoms with E-state index in [2.05, 4.69) is 35.9 Å². The van der Waals surface area contributed by atoms with E-state index in [-0.39, 0.29) is 5.91 Å². The molecule has 0 atom stereocenters. The number of carbonyl (C=O) groups excluding carboxylic acids is 1. The van der Waals surface area contributed by atoms with E-state index in [1.54, 1.807) is 34.4 Å². The third-order valence-corrected chi connectivity index (χ3v) is 6.57. The molecule has 0 aliphatic heterocycles. The Balaban J connectivity index is 1.93. The number of fused-ring (bicyclic) bond motifs is 1. The first-order valence-corrected chi connectivity index (χ1v) is 11.1. The third kappa shape index (κ3) is 4.25. The Morgan fingerprint density at radius 3 is 2.72 bits per heavy atom. The molecule has 0 unspecified atom stereocenters. The fraction of sp³-hybridized carbons (Fsp3) is 0.368. The molecule has 3 rings (SSSR count). The smallest absolute Gasteiger partial charge is 0.234 e. The lowest BCUT2D eigenvalue weighted by Gasteiger charge is -2.27. The highest BCUT2D eigenvalue weighted by molar-refractivity contribution is 7.98. The number of aromatic nitrogens is 1. The SMILES string of the molecule is CSc1ccc2nc(N(CCc3cccs3)C(=O)C(C)(C)C)sc2c1. The van der Waals surface area contributed by atoms with Crippen LogP contribution in [0.15, 0.2) is 40.6 Å². The van der Waals surface area contributed by atoms with Crippen molar-refractivity contribution in [3.05, 3.63) is 40.6 Å². The van der Waals surface area contributed by atoms with Gasteiger partial charge in [-0.25, -0.2) is 4.98 Å². The van der Waals surface area contributed by atoms with Crippen LogP contribution in [0, 0.1) is 5.41 Å². The van der Waals surface area contributed by atoms with Crippen molar-refractivity contribution >= 4 is 55.7 Å². The molecule has 0 N–H and O–H groups in total. The van der Waals surface area contributed by atoms with E-state index in [1.807, 2.05) is 31.7 Å². The maximum atomic E-state index is 13.0. The molecule has 132 valence electrons. The van der Waals surface area contributed by atoms with Gasteiger partial charge in [-0.1, -0.05) is 38.2 Å². The minimum Gasteiger partial charge on any atom is -0.287 e. The predicted octanol–water partition coefficient (Wildman–Crippen LogP) is 5.70. The number of rotatable bonds is 5. The van der Waals surface area contributed by atoms with E-state index in [9.17, 15) is 4.79 Å². The zero-order valence-corrected chi connectivity index (χ0v) is 17.4. The highest BCUT2D eigenvalue weighted by atomic mass is 32.2. The van der Waals surface area contributed by atoms with Crippen molar-refractivity contribution in [2.75, 3.05) is 17.7 Å². The van der Waals surface area contributed by atoms with E-state index in [0.717, 1.165) is 21.8 Å². The molecule has 0 aliphatic carbocycles. The van der Waals surface area contributed by atoms with Crippen LogP contribution in [0.3, 0.4) is 0 Å². The lowest BCUT2D eigenvalue weighted by Crippen LogP contribution is -2.40. The molecule has 0 bridgehead atoms. The Hall–Kier alpha value is -1.37. The number of amides is 1. The van der Waals surface area contributed by atoms with E-state index in [0.29, 0.717) is 6.54 Å². The fourth-order valence-corrected chi connectivity index (χ4v) is 4.74. The van der Waals surface area contributed by atoms with Crippen molar-refractivity contribution in [1.29, 1.82) is 0 Å². The first-order chi connectivity index (χ1) is 11.9. The van der Waals surface area contributed by atoms with Crippen LogP contribution in [0.2, 0.25) is 0 Å². The summed E-state index contributed by atoms with van der Waals surface area (Å²) < 4.78 is 1.13. The van der Waals surface area contributed by atoms with E-state index >= 15 is 0 Å². The van der Waals surface area contributed by atoms with Crippen molar-refractivity contribution in [1.82, 2.24) is 4.98 Å². The van der Waals surface area contributed by atoms with Crippen LogP contribution < -0.4 is 4.90 Å². The molecule has 0 fully saturated rings. The molecule has 2 aromatic heterocycles. The lowest BCUT2D eigenvalue weighted by atomic mass is 9.95. The zero-order chi connectivity index (χ0) is 18.0. The van der Waals surface area contributed by atoms with Crippen LogP contribution in [-0.4, -0.2) is 23.7 Å². The molecule has 0 radical (unpaired) electrons. The van der Waals surface area contributed by atoms with E-state index in [4.69, 9.17) is 4.98 Å². The number of thioether (sulfide) groups is 1. The Morgan fingerprint density at radius 1 is 1.28 bits per heavy atom. The van der Waals surface area contributed by atoms with Crippen molar-refractivity contribution in [2.45, 2.75) is 32.1 Å². The van der Waals surface area contributed by atoms with Crippen LogP contribution in [0.5, 0.6) is 0 Å². The van der Waals surface area contributed by atoms with Crippen LogP contribution in [-0.2, 0) is 11.2 Å². The normalized spacial score (nSPS) is 11.8. The number of thiazole rings is 1. The molecular weight excluding hydrogens is 368 g/mol. The molecule has 1 aromatic carbocycles. The Morgan fingerprint density at radius 2 is 2.08 bits per heavy atom. The van der Waals surface area contributed by atoms with Crippen LogP contribution in [0.1, 0.15) is 25.6 Å². The fourth-order valence-electron chi connectivity index (χ4n) is 2.50. The highest BCUT2D eigenvalue weighted by Crippen LogP contribution is 2.33. The van der Waals surface area contributed by atoms with Crippen LogP contribution >= 0.6 is 34.4 Å². The number of anilines is 1. The van der Waals surface area contributed by atoms with Gasteiger partial charge in [0.25, 0.3) is 0 Å². The van der Waals surface area contributed by atoms with Gasteiger partial charge >= 0.3 is 0 Å². The number of benzene rings is 1. The molecule has 0 saturated heterocycles. The molecule has 3 aromatic rings. The Kier molecular flexibility index (Phi) is 5.51. The lowest BCUT2D eigenvalue weighted by molar-refractivity contribution is -0.125. The summed E-state index contributed by atoms with van der Waals surface area (Å²) in [6, 6.07) is 10.4. The van der Waals surface area contributed by atoms with Gasteiger partial charge in [0.15, 0.2) is 5.13 Å². The van der Waals surface area contributed by atoms with Gasteiger partial charge < -0.3 is 0 Å². The average molecular weight is 391 g/mol. The van der Waals surface area contributed by atoms with E-state index < -0.39 is 5.41 Å². The van der Waals surface area contributed by atoms with Crippen molar-refractivity contribution in [2.24, 2.45) is 5.41 Å². The van der Waals surface area contributed by atoms with Gasteiger partial charge in [-0.05, 0) is 42.3 Å². The quantitative estimate of drug-likeness (QED) is 0.524. The Labute approximate surface area is 161 Å². The summed E-state index contributed by atoms with van der Waals surface area (Å²) in [5.74, 6) is 0.119. The predicted molar refractivity (Wildman–Crippen MR) is 111 cm³/mol. The number of thiophene rings is 1.